The summed E-state index contributed by atoms with van der Waals surface area (Å²) >= 11 is 0. The molecule has 0 saturated carbocycles. The van der Waals surface area contributed by atoms with E-state index in [4.69, 9.17) is 5.73 Å². The summed E-state index contributed by atoms with van der Waals surface area (Å²) in [4.78, 5) is 11.4. The fraction of sp³-hybridized carbons (Fsp3) is 0.909. The minimum Gasteiger partial charge on any atom is -0.330 e. The predicted molar refractivity (Wildman–Crippen MR) is 66.1 cm³/mol. The summed E-state index contributed by atoms with van der Waals surface area (Å²) in [6, 6.07) is 0. The molecule has 4 nitrogen and oxygen atoms in total. The van der Waals surface area contributed by atoms with Gasteiger partial charge < -0.3 is 5.73 Å². The van der Waals surface area contributed by atoms with Gasteiger partial charge in [0, 0.05) is 18.6 Å². The van der Waals surface area contributed by atoms with Crippen LogP contribution in [0.1, 0.15) is 45.4 Å². The second kappa shape index (κ2) is 8.70. The lowest BCUT2D eigenvalue weighted by Gasteiger charge is -2.01. The van der Waals surface area contributed by atoms with E-state index in [9.17, 15) is 13.2 Å². The number of unbranched alkanes of at least 4 members (excludes halogenated alkanes) is 2. The van der Waals surface area contributed by atoms with Gasteiger partial charge in [-0.3, -0.25) is 4.79 Å². The number of hydrogen-bond acceptors (Lipinski definition) is 4. The number of carbonyl (C=O) groups is 1. The summed E-state index contributed by atoms with van der Waals surface area (Å²) in [5, 5.41) is 0. The molecule has 0 atom stereocenters. The van der Waals surface area contributed by atoms with E-state index >= 15 is 0 Å². The lowest BCUT2D eigenvalue weighted by molar-refractivity contribution is -0.119. The van der Waals surface area contributed by atoms with Crippen LogP contribution in [-0.4, -0.2) is 32.3 Å². The molecule has 0 aliphatic heterocycles. The highest BCUT2D eigenvalue weighted by molar-refractivity contribution is 7.91. The Balaban J connectivity index is 3.51. The largest absolute Gasteiger partial charge is 0.330 e. The van der Waals surface area contributed by atoms with Gasteiger partial charge >= 0.3 is 0 Å². The molecule has 0 aliphatic carbocycles. The maximum atomic E-state index is 11.4. The van der Waals surface area contributed by atoms with E-state index in [0.717, 1.165) is 19.3 Å². The summed E-state index contributed by atoms with van der Waals surface area (Å²) in [6.07, 6.45) is 4.23. The van der Waals surface area contributed by atoms with E-state index in [1.807, 2.05) is 0 Å². The molecule has 0 saturated heterocycles. The zero-order valence-electron chi connectivity index (χ0n) is 10.1. The Labute approximate surface area is 98.5 Å². The van der Waals surface area contributed by atoms with Crippen molar-refractivity contribution in [2.24, 2.45) is 5.73 Å². The molecule has 0 aliphatic rings. The normalized spacial score (nSPS) is 11.6. The molecule has 0 rings (SSSR count). The smallest absolute Gasteiger partial charge is 0.150 e. The van der Waals surface area contributed by atoms with Crippen LogP contribution in [-0.2, 0) is 14.6 Å². The third kappa shape index (κ3) is 8.85. The number of ketones is 1. The van der Waals surface area contributed by atoms with Crippen molar-refractivity contribution in [1.82, 2.24) is 0 Å². The molecule has 5 heteroatoms. The molecule has 0 heterocycles. The topological polar surface area (TPSA) is 77.2 Å². The zero-order chi connectivity index (χ0) is 12.4. The summed E-state index contributed by atoms with van der Waals surface area (Å²) in [7, 11) is -2.91. The number of Topliss-reactive ketones (excluding diaryl/α,β-unsaturated/α-hetero) is 1. The van der Waals surface area contributed by atoms with Gasteiger partial charge in [-0.2, -0.15) is 0 Å². The van der Waals surface area contributed by atoms with Gasteiger partial charge in [-0.05, 0) is 25.8 Å². The van der Waals surface area contributed by atoms with Gasteiger partial charge in [0.15, 0.2) is 0 Å². The van der Waals surface area contributed by atoms with Crippen LogP contribution >= 0.6 is 0 Å². The molecule has 0 aromatic carbocycles. The van der Waals surface area contributed by atoms with E-state index in [1.165, 1.54) is 0 Å². The van der Waals surface area contributed by atoms with E-state index in [0.29, 0.717) is 25.8 Å². The minimum absolute atomic E-state index is 0.137. The van der Waals surface area contributed by atoms with Crippen molar-refractivity contribution in [3.05, 3.63) is 0 Å². The van der Waals surface area contributed by atoms with Gasteiger partial charge in [-0.1, -0.05) is 13.3 Å². The molecule has 16 heavy (non-hydrogen) atoms. The highest BCUT2D eigenvalue weighted by Gasteiger charge is 2.08. The van der Waals surface area contributed by atoms with Crippen LogP contribution in [0.25, 0.3) is 0 Å². The molecular formula is C11H23NO3S. The molecule has 2 N–H and O–H groups in total. The van der Waals surface area contributed by atoms with Crippen LogP contribution in [0, 0.1) is 0 Å². The number of carbonyl (C=O) groups excluding carboxylic acids is 1. The molecule has 0 spiro atoms. The highest BCUT2D eigenvalue weighted by atomic mass is 32.2. The van der Waals surface area contributed by atoms with Crippen LogP contribution in [0.4, 0.5) is 0 Å². The quantitative estimate of drug-likeness (QED) is 0.592. The van der Waals surface area contributed by atoms with Crippen molar-refractivity contribution in [3.8, 4) is 0 Å². The van der Waals surface area contributed by atoms with Crippen LogP contribution in [0.3, 0.4) is 0 Å². The number of rotatable bonds is 10. The third-order valence-corrected chi connectivity index (χ3v) is 4.30. The summed E-state index contributed by atoms with van der Waals surface area (Å²) in [5.41, 5.74) is 5.34. The Hall–Kier alpha value is -0.420. The van der Waals surface area contributed by atoms with Crippen molar-refractivity contribution in [1.29, 1.82) is 0 Å². The second-order valence-corrected chi connectivity index (χ2v) is 6.45. The van der Waals surface area contributed by atoms with E-state index < -0.39 is 9.84 Å². The SMILES string of the molecule is CCS(=O)(=O)CCCC(=O)CCCCCN. The van der Waals surface area contributed by atoms with Crippen LogP contribution in [0.5, 0.6) is 0 Å². The average molecular weight is 249 g/mol. The molecule has 0 amide bonds. The molecule has 0 bridgehead atoms. The zero-order valence-corrected chi connectivity index (χ0v) is 10.9. The van der Waals surface area contributed by atoms with Gasteiger partial charge in [-0.25, -0.2) is 8.42 Å². The Morgan fingerprint density at radius 3 is 2.25 bits per heavy atom. The summed E-state index contributed by atoms with van der Waals surface area (Å²) in [5.74, 6) is 0.471. The monoisotopic (exact) mass is 249 g/mol. The first-order chi connectivity index (χ1) is 7.52. The molecule has 0 aromatic rings. The predicted octanol–water partition coefficient (Wildman–Crippen LogP) is 1.29. The van der Waals surface area contributed by atoms with Crippen LogP contribution in [0.2, 0.25) is 0 Å². The highest BCUT2D eigenvalue weighted by Crippen LogP contribution is 2.05. The van der Waals surface area contributed by atoms with Crippen molar-refractivity contribution in [3.63, 3.8) is 0 Å². The third-order valence-electron chi connectivity index (χ3n) is 2.51. The van der Waals surface area contributed by atoms with E-state index in [1.54, 1.807) is 6.92 Å². The lowest BCUT2D eigenvalue weighted by atomic mass is 10.1. The van der Waals surface area contributed by atoms with Gasteiger partial charge in [0.2, 0.25) is 0 Å². The van der Waals surface area contributed by atoms with E-state index in [-0.39, 0.29) is 17.3 Å². The van der Waals surface area contributed by atoms with Gasteiger partial charge in [0.1, 0.15) is 15.6 Å². The minimum atomic E-state index is -2.91. The molecular weight excluding hydrogens is 226 g/mol. The van der Waals surface area contributed by atoms with Crippen molar-refractivity contribution >= 4 is 15.6 Å². The molecule has 0 unspecified atom stereocenters. The van der Waals surface area contributed by atoms with Gasteiger partial charge in [0.25, 0.3) is 0 Å². The van der Waals surface area contributed by atoms with Crippen LogP contribution < -0.4 is 5.73 Å². The summed E-state index contributed by atoms with van der Waals surface area (Å²) in [6.45, 7) is 2.30. The number of nitrogens with two attached hydrogens (primary N) is 1. The second-order valence-electron chi connectivity index (χ2n) is 3.98. The Kier molecular flexibility index (Phi) is 8.47. The van der Waals surface area contributed by atoms with Crippen molar-refractivity contribution in [2.75, 3.05) is 18.1 Å². The fourth-order valence-corrected chi connectivity index (χ4v) is 2.27. The van der Waals surface area contributed by atoms with Gasteiger partial charge in [0.05, 0.1) is 5.75 Å². The first-order valence-corrected chi connectivity index (χ1v) is 7.76. The molecule has 0 aromatic heterocycles. The van der Waals surface area contributed by atoms with Crippen molar-refractivity contribution in [2.45, 2.75) is 45.4 Å². The van der Waals surface area contributed by atoms with Crippen LogP contribution in [0.15, 0.2) is 0 Å². The Bertz CT molecular complexity index is 286. The maximum absolute atomic E-state index is 11.4. The van der Waals surface area contributed by atoms with E-state index in [2.05, 4.69) is 0 Å². The molecule has 96 valence electrons. The van der Waals surface area contributed by atoms with Crippen molar-refractivity contribution < 1.29 is 13.2 Å². The van der Waals surface area contributed by atoms with Gasteiger partial charge in [-0.15, -0.1) is 0 Å². The molecule has 0 fully saturated rings. The Morgan fingerprint density at radius 1 is 1.06 bits per heavy atom. The summed E-state index contributed by atoms with van der Waals surface area (Å²) < 4.78 is 22.3. The number of hydrogen-bond donors (Lipinski definition) is 1. The fourth-order valence-electron chi connectivity index (χ4n) is 1.40. The Morgan fingerprint density at radius 2 is 1.69 bits per heavy atom. The molecule has 0 radical (unpaired) electrons. The standard InChI is InChI=1S/C11H23NO3S/c1-2-16(14,15)10-6-8-11(13)7-4-3-5-9-12/h2-10,12H2,1H3. The first kappa shape index (κ1) is 15.6. The first-order valence-electron chi connectivity index (χ1n) is 5.94. The lowest BCUT2D eigenvalue weighted by Crippen LogP contribution is -2.10. The maximum Gasteiger partial charge on any atom is 0.150 e. The number of sulfone groups is 1. The average Bonchev–Trinajstić information content (AvgIpc) is 2.24.